The quantitative estimate of drug-likeness (QED) is 0.361. The molecule has 0 bridgehead atoms. The maximum absolute atomic E-state index is 13.0. The Labute approximate surface area is 233 Å². The number of likely N-dealkylation sites (tertiary alicyclic amines) is 1. The van der Waals surface area contributed by atoms with E-state index in [9.17, 15) is 18.0 Å². The van der Waals surface area contributed by atoms with Crippen LogP contribution >= 0.6 is 11.6 Å². The second-order valence-electron chi connectivity index (χ2n) is 9.41. The van der Waals surface area contributed by atoms with Crippen molar-refractivity contribution >= 4 is 33.5 Å². The molecule has 0 aromatic heterocycles. The lowest BCUT2D eigenvalue weighted by molar-refractivity contribution is -0.135. The van der Waals surface area contributed by atoms with Crippen LogP contribution in [0.5, 0.6) is 5.75 Å². The molecule has 0 atom stereocenters. The molecule has 1 N–H and O–H groups in total. The van der Waals surface area contributed by atoms with Crippen LogP contribution in [0.15, 0.2) is 77.7 Å². The van der Waals surface area contributed by atoms with Crippen LogP contribution in [0, 0.1) is 5.92 Å². The predicted molar refractivity (Wildman–Crippen MR) is 148 cm³/mol. The van der Waals surface area contributed by atoms with Crippen LogP contribution in [0.3, 0.4) is 0 Å². The Bertz CT molecular complexity index is 1390. The number of benzene rings is 3. The molecular formula is C29H31ClN2O6S. The molecule has 1 aliphatic rings. The van der Waals surface area contributed by atoms with Crippen LogP contribution in [0.2, 0.25) is 5.02 Å². The van der Waals surface area contributed by atoms with E-state index in [0.29, 0.717) is 29.6 Å². The largest absolute Gasteiger partial charge is 0.495 e. The maximum atomic E-state index is 13.0. The Morgan fingerprint density at radius 1 is 0.974 bits per heavy atom. The standard InChI is InChI=1S/C29H31ClN2O6S/c1-37-26-12-9-24(18-27(26)39(35,36)31-19-23-7-10-25(30)11-8-23)29(34)38-20-28(33)32-15-13-22(14-16-32)17-21-5-3-2-4-6-21/h2-12,18,22,31H,13-17,19-20H2,1H3. The highest BCUT2D eigenvalue weighted by Gasteiger charge is 2.25. The van der Waals surface area contributed by atoms with Gasteiger partial charge in [0.25, 0.3) is 5.91 Å². The molecule has 206 valence electrons. The highest BCUT2D eigenvalue weighted by atomic mass is 35.5. The number of nitrogens with zero attached hydrogens (tertiary/aromatic N) is 1. The molecule has 0 spiro atoms. The fraction of sp³-hybridized carbons (Fsp3) is 0.310. The van der Waals surface area contributed by atoms with Crippen molar-refractivity contribution < 1.29 is 27.5 Å². The number of amides is 1. The molecular weight excluding hydrogens is 540 g/mol. The summed E-state index contributed by atoms with van der Waals surface area (Å²) in [6, 6.07) is 21.0. The van der Waals surface area contributed by atoms with Gasteiger partial charge < -0.3 is 14.4 Å². The van der Waals surface area contributed by atoms with Gasteiger partial charge in [-0.05, 0) is 66.6 Å². The van der Waals surface area contributed by atoms with Crippen LogP contribution in [-0.4, -0.2) is 52.0 Å². The van der Waals surface area contributed by atoms with Crippen molar-refractivity contribution in [2.75, 3.05) is 26.8 Å². The summed E-state index contributed by atoms with van der Waals surface area (Å²) in [5.74, 6) is -0.483. The number of carbonyl (C=O) groups excluding carboxylic acids is 2. The summed E-state index contributed by atoms with van der Waals surface area (Å²) in [5.41, 5.74) is 1.99. The Hall–Kier alpha value is -3.40. The third kappa shape index (κ3) is 7.81. The summed E-state index contributed by atoms with van der Waals surface area (Å²) in [7, 11) is -2.69. The molecule has 0 radical (unpaired) electrons. The zero-order valence-corrected chi connectivity index (χ0v) is 23.2. The first-order chi connectivity index (χ1) is 18.7. The first-order valence-electron chi connectivity index (χ1n) is 12.7. The molecule has 1 amide bonds. The molecule has 0 unspecified atom stereocenters. The number of sulfonamides is 1. The lowest BCUT2D eigenvalue weighted by Gasteiger charge is -2.32. The number of carbonyl (C=O) groups is 2. The Morgan fingerprint density at radius 2 is 1.67 bits per heavy atom. The van der Waals surface area contributed by atoms with Crippen LogP contribution in [0.4, 0.5) is 0 Å². The minimum atomic E-state index is -4.03. The number of ether oxygens (including phenoxy) is 2. The van der Waals surface area contributed by atoms with Gasteiger partial charge in [0.15, 0.2) is 6.61 Å². The third-order valence-electron chi connectivity index (χ3n) is 6.73. The smallest absolute Gasteiger partial charge is 0.338 e. The Kier molecular flexibility index (Phi) is 9.61. The molecule has 39 heavy (non-hydrogen) atoms. The van der Waals surface area contributed by atoms with Crippen molar-refractivity contribution in [3.63, 3.8) is 0 Å². The Morgan fingerprint density at radius 3 is 2.33 bits per heavy atom. The van der Waals surface area contributed by atoms with E-state index in [2.05, 4.69) is 16.9 Å². The van der Waals surface area contributed by atoms with E-state index in [-0.39, 0.29) is 28.7 Å². The second-order valence-corrected chi connectivity index (χ2v) is 11.6. The second kappa shape index (κ2) is 13.1. The molecule has 3 aromatic rings. The van der Waals surface area contributed by atoms with Gasteiger partial charge in [-0.3, -0.25) is 4.79 Å². The highest BCUT2D eigenvalue weighted by molar-refractivity contribution is 7.89. The minimum absolute atomic E-state index is 0.00274. The van der Waals surface area contributed by atoms with Gasteiger partial charge in [-0.1, -0.05) is 54.1 Å². The average molecular weight is 571 g/mol. The minimum Gasteiger partial charge on any atom is -0.495 e. The van der Waals surface area contributed by atoms with Gasteiger partial charge in [-0.25, -0.2) is 17.9 Å². The zero-order valence-electron chi connectivity index (χ0n) is 21.6. The number of hydrogen-bond acceptors (Lipinski definition) is 6. The van der Waals surface area contributed by atoms with Crippen LogP contribution < -0.4 is 9.46 Å². The average Bonchev–Trinajstić information content (AvgIpc) is 2.96. The molecule has 4 rings (SSSR count). The number of halogens is 1. The van der Waals surface area contributed by atoms with E-state index in [1.807, 2.05) is 18.2 Å². The van der Waals surface area contributed by atoms with E-state index in [4.69, 9.17) is 21.1 Å². The van der Waals surface area contributed by atoms with Crippen molar-refractivity contribution in [2.24, 2.45) is 5.92 Å². The Balaban J connectivity index is 1.32. The van der Waals surface area contributed by atoms with E-state index in [0.717, 1.165) is 19.3 Å². The van der Waals surface area contributed by atoms with Crippen LogP contribution in [0.1, 0.15) is 34.3 Å². The van der Waals surface area contributed by atoms with Crippen molar-refractivity contribution in [3.8, 4) is 5.75 Å². The molecule has 0 aliphatic carbocycles. The summed E-state index contributed by atoms with van der Waals surface area (Å²) >= 11 is 5.88. The molecule has 3 aromatic carbocycles. The van der Waals surface area contributed by atoms with E-state index < -0.39 is 22.6 Å². The fourth-order valence-corrected chi connectivity index (χ4v) is 5.84. The van der Waals surface area contributed by atoms with Crippen molar-refractivity contribution in [2.45, 2.75) is 30.7 Å². The molecule has 1 saturated heterocycles. The lowest BCUT2D eigenvalue weighted by Crippen LogP contribution is -2.41. The van der Waals surface area contributed by atoms with Crippen molar-refractivity contribution in [1.29, 1.82) is 0 Å². The summed E-state index contributed by atoms with van der Waals surface area (Å²) < 4.78 is 39.0. The van der Waals surface area contributed by atoms with Gasteiger partial charge in [0.05, 0.1) is 12.7 Å². The predicted octanol–water partition coefficient (Wildman–Crippen LogP) is 4.47. The monoisotopic (exact) mass is 570 g/mol. The van der Waals surface area contributed by atoms with Crippen LogP contribution in [0.25, 0.3) is 0 Å². The molecule has 1 aliphatic heterocycles. The van der Waals surface area contributed by atoms with Crippen molar-refractivity contribution in [1.82, 2.24) is 9.62 Å². The third-order valence-corrected chi connectivity index (χ3v) is 8.40. The first-order valence-corrected chi connectivity index (χ1v) is 14.5. The molecule has 0 saturated carbocycles. The van der Waals surface area contributed by atoms with Gasteiger partial charge in [0, 0.05) is 24.7 Å². The fourth-order valence-electron chi connectivity index (χ4n) is 4.51. The number of piperidine rings is 1. The SMILES string of the molecule is COc1ccc(C(=O)OCC(=O)N2CCC(Cc3ccccc3)CC2)cc1S(=O)(=O)NCc1ccc(Cl)cc1. The van der Waals surface area contributed by atoms with E-state index >= 15 is 0 Å². The van der Waals surface area contributed by atoms with Gasteiger partial charge in [-0.15, -0.1) is 0 Å². The normalized spacial score (nSPS) is 14.2. The van der Waals surface area contributed by atoms with Gasteiger partial charge in [0.2, 0.25) is 10.0 Å². The number of hydrogen-bond donors (Lipinski definition) is 1. The first kappa shape index (κ1) is 28.6. The van der Waals surface area contributed by atoms with Gasteiger partial charge >= 0.3 is 5.97 Å². The molecule has 8 nitrogen and oxygen atoms in total. The summed E-state index contributed by atoms with van der Waals surface area (Å²) in [5, 5.41) is 0.542. The molecule has 1 fully saturated rings. The maximum Gasteiger partial charge on any atom is 0.338 e. The number of nitrogens with one attached hydrogen (secondary N) is 1. The lowest BCUT2D eigenvalue weighted by atomic mass is 9.90. The summed E-state index contributed by atoms with van der Waals surface area (Å²) in [6.45, 7) is 0.829. The topological polar surface area (TPSA) is 102 Å². The summed E-state index contributed by atoms with van der Waals surface area (Å²) in [4.78, 5) is 26.9. The molecule has 10 heteroatoms. The van der Waals surface area contributed by atoms with E-state index in [1.165, 1.54) is 30.9 Å². The number of esters is 1. The highest BCUT2D eigenvalue weighted by Crippen LogP contribution is 2.26. The van der Waals surface area contributed by atoms with Gasteiger partial charge in [0.1, 0.15) is 10.6 Å². The summed E-state index contributed by atoms with van der Waals surface area (Å²) in [6.07, 6.45) is 2.75. The zero-order chi connectivity index (χ0) is 27.8. The van der Waals surface area contributed by atoms with Crippen LogP contribution in [-0.2, 0) is 32.5 Å². The van der Waals surface area contributed by atoms with Gasteiger partial charge in [-0.2, -0.15) is 0 Å². The number of rotatable bonds is 10. The molecule has 1 heterocycles. The van der Waals surface area contributed by atoms with E-state index in [1.54, 1.807) is 29.2 Å². The van der Waals surface area contributed by atoms with Crippen molar-refractivity contribution in [3.05, 3.63) is 94.5 Å². The number of methoxy groups -OCH3 is 1.